The molecular formula is C12H21ClN4OS. The van der Waals surface area contributed by atoms with Gasteiger partial charge in [-0.1, -0.05) is 32.1 Å². The first kappa shape index (κ1) is 16.3. The summed E-state index contributed by atoms with van der Waals surface area (Å²) in [5, 5.41) is 15.5. The Bertz CT molecular complexity index is 426. The number of nitrogens with zero attached hydrogens (tertiary/aromatic N) is 2. The second kappa shape index (κ2) is 6.63. The third-order valence-electron chi connectivity index (χ3n) is 2.73. The van der Waals surface area contributed by atoms with Gasteiger partial charge in [-0.05, 0) is 25.3 Å². The molecule has 1 aliphatic carbocycles. The van der Waals surface area contributed by atoms with E-state index in [0.717, 1.165) is 17.5 Å². The number of anilines is 1. The van der Waals surface area contributed by atoms with E-state index in [2.05, 4.69) is 41.6 Å². The topological polar surface area (TPSA) is 66.9 Å². The summed E-state index contributed by atoms with van der Waals surface area (Å²) in [5.74, 6) is 0.735. The van der Waals surface area contributed by atoms with Crippen LogP contribution in [0.2, 0.25) is 0 Å². The molecule has 0 saturated heterocycles. The molecule has 0 atom stereocenters. The Morgan fingerprint density at radius 3 is 2.58 bits per heavy atom. The molecule has 108 valence electrons. The molecular weight excluding hydrogens is 284 g/mol. The number of carbonyl (C=O) groups excluding carboxylic acids is 1. The minimum atomic E-state index is -0.0488. The highest BCUT2D eigenvalue weighted by molar-refractivity contribution is 7.15. The van der Waals surface area contributed by atoms with E-state index in [9.17, 15) is 4.79 Å². The molecule has 19 heavy (non-hydrogen) atoms. The maximum Gasteiger partial charge on any atom is 0.240 e. The van der Waals surface area contributed by atoms with Crippen molar-refractivity contribution in [3.05, 3.63) is 5.01 Å². The summed E-state index contributed by atoms with van der Waals surface area (Å²) >= 11 is 1.44. The molecule has 0 bridgehead atoms. The van der Waals surface area contributed by atoms with Crippen LogP contribution in [0.5, 0.6) is 0 Å². The monoisotopic (exact) mass is 304 g/mol. The fourth-order valence-electron chi connectivity index (χ4n) is 1.45. The predicted octanol–water partition coefficient (Wildman–Crippen LogP) is 2.20. The zero-order valence-corrected chi connectivity index (χ0v) is 13.2. The first-order valence-corrected chi connectivity index (χ1v) is 7.11. The SMILES string of the molecule is CC(C)(C)c1nnc(NC(=O)CNCC2CC2)s1.Cl. The smallest absolute Gasteiger partial charge is 0.240 e. The highest BCUT2D eigenvalue weighted by atomic mass is 35.5. The maximum absolute atomic E-state index is 11.6. The van der Waals surface area contributed by atoms with Gasteiger partial charge in [-0.3, -0.25) is 10.1 Å². The molecule has 0 aromatic carbocycles. The number of aromatic nitrogens is 2. The molecule has 2 N–H and O–H groups in total. The van der Waals surface area contributed by atoms with Crippen molar-refractivity contribution in [2.24, 2.45) is 5.92 Å². The van der Waals surface area contributed by atoms with Gasteiger partial charge in [-0.15, -0.1) is 22.6 Å². The highest BCUT2D eigenvalue weighted by Crippen LogP contribution is 2.28. The molecule has 1 amide bonds. The molecule has 1 fully saturated rings. The van der Waals surface area contributed by atoms with E-state index in [0.29, 0.717) is 11.7 Å². The molecule has 0 unspecified atom stereocenters. The molecule has 7 heteroatoms. The van der Waals surface area contributed by atoms with Gasteiger partial charge in [0, 0.05) is 5.41 Å². The Labute approximate surface area is 124 Å². The van der Waals surface area contributed by atoms with Crippen LogP contribution in [0.4, 0.5) is 5.13 Å². The largest absolute Gasteiger partial charge is 0.308 e. The minimum Gasteiger partial charge on any atom is -0.308 e. The molecule has 0 radical (unpaired) electrons. The summed E-state index contributed by atoms with van der Waals surface area (Å²) < 4.78 is 0. The second-order valence-electron chi connectivity index (χ2n) is 5.78. The van der Waals surface area contributed by atoms with E-state index < -0.39 is 0 Å². The van der Waals surface area contributed by atoms with Gasteiger partial charge in [-0.25, -0.2) is 0 Å². The van der Waals surface area contributed by atoms with Gasteiger partial charge in [0.15, 0.2) is 0 Å². The van der Waals surface area contributed by atoms with Crippen molar-refractivity contribution in [1.82, 2.24) is 15.5 Å². The average molecular weight is 305 g/mol. The normalized spacial score (nSPS) is 14.9. The van der Waals surface area contributed by atoms with Crippen LogP contribution in [-0.4, -0.2) is 29.2 Å². The first-order chi connectivity index (χ1) is 8.45. The number of carbonyl (C=O) groups is 1. The number of hydrogen-bond donors (Lipinski definition) is 2. The third-order valence-corrected chi connectivity index (χ3v) is 3.99. The summed E-state index contributed by atoms with van der Waals surface area (Å²) in [7, 11) is 0. The molecule has 2 rings (SSSR count). The predicted molar refractivity (Wildman–Crippen MR) is 80.1 cm³/mol. The summed E-state index contributed by atoms with van der Waals surface area (Å²) in [4.78, 5) is 11.6. The fraction of sp³-hybridized carbons (Fsp3) is 0.750. The molecule has 1 aliphatic rings. The van der Waals surface area contributed by atoms with Crippen molar-refractivity contribution in [2.45, 2.75) is 39.0 Å². The number of hydrogen-bond acceptors (Lipinski definition) is 5. The summed E-state index contributed by atoms with van der Waals surface area (Å²) in [5.41, 5.74) is -0.0229. The molecule has 1 heterocycles. The second-order valence-corrected chi connectivity index (χ2v) is 6.76. The van der Waals surface area contributed by atoms with E-state index in [1.807, 2.05) is 0 Å². The zero-order chi connectivity index (χ0) is 13.2. The molecule has 1 aromatic rings. The number of nitrogens with one attached hydrogen (secondary N) is 2. The fourth-order valence-corrected chi connectivity index (χ4v) is 2.27. The third kappa shape index (κ3) is 5.42. The van der Waals surface area contributed by atoms with E-state index in [1.54, 1.807) is 0 Å². The number of halogens is 1. The Hall–Kier alpha value is -0.720. The summed E-state index contributed by atoms with van der Waals surface area (Å²) in [6.07, 6.45) is 2.58. The quantitative estimate of drug-likeness (QED) is 0.875. The molecule has 0 aliphatic heterocycles. The van der Waals surface area contributed by atoms with Crippen LogP contribution < -0.4 is 10.6 Å². The number of rotatable bonds is 5. The number of amides is 1. The first-order valence-electron chi connectivity index (χ1n) is 6.29. The Morgan fingerprint density at radius 1 is 1.37 bits per heavy atom. The van der Waals surface area contributed by atoms with E-state index in [1.165, 1.54) is 24.2 Å². The van der Waals surface area contributed by atoms with E-state index >= 15 is 0 Å². The minimum absolute atomic E-state index is 0. The van der Waals surface area contributed by atoms with Crippen LogP contribution in [0.3, 0.4) is 0 Å². The Morgan fingerprint density at radius 2 is 2.05 bits per heavy atom. The van der Waals surface area contributed by atoms with Crippen LogP contribution in [0.25, 0.3) is 0 Å². The average Bonchev–Trinajstić information content (AvgIpc) is 2.94. The lowest BCUT2D eigenvalue weighted by molar-refractivity contribution is -0.115. The molecule has 1 aromatic heterocycles. The zero-order valence-electron chi connectivity index (χ0n) is 11.5. The van der Waals surface area contributed by atoms with E-state index in [-0.39, 0.29) is 23.7 Å². The summed E-state index contributed by atoms with van der Waals surface area (Å²) in [6.45, 7) is 7.53. The molecule has 0 spiro atoms. The lowest BCUT2D eigenvalue weighted by Crippen LogP contribution is -2.29. The van der Waals surface area contributed by atoms with Crippen LogP contribution in [0.15, 0.2) is 0 Å². The maximum atomic E-state index is 11.6. The van der Waals surface area contributed by atoms with Gasteiger partial charge in [0.2, 0.25) is 11.0 Å². The van der Waals surface area contributed by atoms with Gasteiger partial charge < -0.3 is 5.32 Å². The van der Waals surface area contributed by atoms with Crippen molar-refractivity contribution >= 4 is 34.8 Å². The lowest BCUT2D eigenvalue weighted by Gasteiger charge is -2.12. The van der Waals surface area contributed by atoms with Gasteiger partial charge in [0.25, 0.3) is 0 Å². The van der Waals surface area contributed by atoms with Gasteiger partial charge >= 0.3 is 0 Å². The van der Waals surface area contributed by atoms with Gasteiger partial charge in [-0.2, -0.15) is 0 Å². The van der Waals surface area contributed by atoms with Crippen molar-refractivity contribution in [3.63, 3.8) is 0 Å². The van der Waals surface area contributed by atoms with Crippen LogP contribution >= 0.6 is 23.7 Å². The lowest BCUT2D eigenvalue weighted by atomic mass is 9.98. The van der Waals surface area contributed by atoms with Crippen LogP contribution in [0.1, 0.15) is 38.6 Å². The van der Waals surface area contributed by atoms with Crippen molar-refractivity contribution in [1.29, 1.82) is 0 Å². The summed E-state index contributed by atoms with van der Waals surface area (Å²) in [6, 6.07) is 0. The molecule has 1 saturated carbocycles. The van der Waals surface area contributed by atoms with Crippen molar-refractivity contribution < 1.29 is 4.79 Å². The van der Waals surface area contributed by atoms with Gasteiger partial charge in [0.05, 0.1) is 6.54 Å². The van der Waals surface area contributed by atoms with Crippen LogP contribution in [-0.2, 0) is 10.2 Å². The standard InChI is InChI=1S/C12H20N4OS.ClH/c1-12(2,3)10-15-16-11(18-10)14-9(17)7-13-6-8-4-5-8;/h8,13H,4-7H2,1-3H3,(H,14,16,17);1H. The van der Waals surface area contributed by atoms with E-state index in [4.69, 9.17) is 0 Å². The van der Waals surface area contributed by atoms with Crippen molar-refractivity contribution in [2.75, 3.05) is 18.4 Å². The van der Waals surface area contributed by atoms with Crippen molar-refractivity contribution in [3.8, 4) is 0 Å². The Kier molecular flexibility index (Phi) is 5.70. The van der Waals surface area contributed by atoms with Crippen LogP contribution in [0, 0.1) is 5.92 Å². The van der Waals surface area contributed by atoms with Gasteiger partial charge in [0.1, 0.15) is 5.01 Å². The highest BCUT2D eigenvalue weighted by Gasteiger charge is 2.21. The Balaban J connectivity index is 0.00000180. The molecule has 5 nitrogen and oxygen atoms in total.